The van der Waals surface area contributed by atoms with Gasteiger partial charge in [0, 0.05) is 62.6 Å². The molecule has 5 rings (SSSR count). The number of anilines is 1. The number of methoxy groups -OCH3 is 1. The minimum Gasteiger partial charge on any atom is -0.481 e. The number of rotatable bonds is 11. The van der Waals surface area contributed by atoms with Crippen LogP contribution in [-0.2, 0) is 20.7 Å². The Balaban J connectivity index is 1.40. The third-order valence-electron chi connectivity index (χ3n) is 8.17. The van der Waals surface area contributed by atoms with Crippen LogP contribution in [0.4, 0.5) is 14.9 Å². The number of nitrogens with zero attached hydrogens (tertiary/aromatic N) is 6. The number of pyridine rings is 1. The number of nitrogens with two attached hydrogens (primary N) is 1. The number of carbonyl (C=O) groups is 3. The molecule has 3 aromatic rings. The number of carboxylic acid groups (broad SMARTS) is 1. The monoisotopic (exact) mass is 649 g/mol. The van der Waals surface area contributed by atoms with E-state index in [0.717, 1.165) is 5.56 Å². The molecule has 0 saturated carbocycles. The summed E-state index contributed by atoms with van der Waals surface area (Å²) in [6.45, 7) is 5.67. The van der Waals surface area contributed by atoms with E-state index in [0.29, 0.717) is 60.1 Å². The molecule has 2 amide bonds. The molecule has 46 heavy (non-hydrogen) atoms. The molecule has 242 valence electrons. The molecule has 0 unspecified atom stereocenters. The molecule has 2 aliphatic rings. The van der Waals surface area contributed by atoms with Crippen LogP contribution < -0.4 is 10.6 Å². The second-order valence-corrected chi connectivity index (χ2v) is 12.2. The standard InChI is InChI=1S/C32H36FN7O5S/c1-19-12-22(33)5-6-25(19)29(37-20(2)30-36-8-11-46-30)28(31(43)45-3)26(34)18-38-9-10-39-24(16-38)17-40(32(39)44)23-13-21(14-35-15-23)4-7-27(41)42/h5-6,8,11-15,24,29H,4,7,9-10,16-18,34H2,1-3H3,(H,41,42)/b28-26+,37-20?/t24-,29-/m0/s1. The van der Waals surface area contributed by atoms with Crippen molar-refractivity contribution in [2.75, 3.05) is 44.7 Å². The van der Waals surface area contributed by atoms with E-state index in [2.05, 4.69) is 14.9 Å². The number of carboxylic acids is 1. The normalized spacial score (nSPS) is 18.3. The molecule has 0 spiro atoms. The second-order valence-electron chi connectivity index (χ2n) is 11.3. The number of ether oxygens (including phenoxy) is 1. The minimum absolute atomic E-state index is 0.0251. The van der Waals surface area contributed by atoms with Crippen LogP contribution in [-0.4, -0.2) is 94.4 Å². The molecule has 2 aliphatic heterocycles. The van der Waals surface area contributed by atoms with Gasteiger partial charge in [0.2, 0.25) is 0 Å². The smallest absolute Gasteiger partial charge is 0.338 e. The van der Waals surface area contributed by atoms with E-state index in [1.807, 2.05) is 10.3 Å². The van der Waals surface area contributed by atoms with Crippen LogP contribution in [0.3, 0.4) is 0 Å². The molecule has 4 heterocycles. The molecule has 1 aromatic carbocycles. The summed E-state index contributed by atoms with van der Waals surface area (Å²) in [5.74, 6) is -1.94. The maximum Gasteiger partial charge on any atom is 0.338 e. The summed E-state index contributed by atoms with van der Waals surface area (Å²) in [6.07, 6.45) is 5.18. The summed E-state index contributed by atoms with van der Waals surface area (Å²) in [6, 6.07) is 4.97. The maximum atomic E-state index is 14.1. The molecule has 2 atom stereocenters. The summed E-state index contributed by atoms with van der Waals surface area (Å²) in [5, 5.41) is 11.6. The summed E-state index contributed by atoms with van der Waals surface area (Å²) in [4.78, 5) is 56.7. The van der Waals surface area contributed by atoms with E-state index in [9.17, 15) is 18.8 Å². The van der Waals surface area contributed by atoms with E-state index in [1.165, 1.54) is 30.6 Å². The second kappa shape index (κ2) is 14.2. The highest BCUT2D eigenvalue weighted by atomic mass is 32.1. The van der Waals surface area contributed by atoms with Crippen LogP contribution in [0.25, 0.3) is 0 Å². The van der Waals surface area contributed by atoms with E-state index in [1.54, 1.807) is 49.5 Å². The lowest BCUT2D eigenvalue weighted by Gasteiger charge is -2.36. The van der Waals surface area contributed by atoms with Crippen molar-refractivity contribution in [1.29, 1.82) is 0 Å². The number of thiazole rings is 1. The summed E-state index contributed by atoms with van der Waals surface area (Å²) in [5.41, 5.74) is 10.3. The van der Waals surface area contributed by atoms with Crippen LogP contribution >= 0.6 is 11.3 Å². The Kier molecular flexibility index (Phi) is 10.1. The molecular formula is C32H36FN7O5S. The zero-order valence-corrected chi connectivity index (χ0v) is 26.7. The van der Waals surface area contributed by atoms with Crippen molar-refractivity contribution in [1.82, 2.24) is 19.8 Å². The number of aliphatic imine (C=N–C) groups is 1. The number of benzene rings is 1. The Morgan fingerprint density at radius 1 is 1.24 bits per heavy atom. The Labute approximate surface area is 270 Å². The van der Waals surface area contributed by atoms with E-state index < -0.39 is 23.8 Å². The summed E-state index contributed by atoms with van der Waals surface area (Å²) < 4.78 is 19.3. The van der Waals surface area contributed by atoms with E-state index in [4.69, 9.17) is 20.6 Å². The number of hydrogen-bond donors (Lipinski definition) is 2. The third kappa shape index (κ3) is 7.23. The van der Waals surface area contributed by atoms with Crippen molar-refractivity contribution < 1.29 is 28.6 Å². The number of hydrogen-bond acceptors (Lipinski definition) is 10. The van der Waals surface area contributed by atoms with Crippen LogP contribution in [0.15, 0.2) is 64.5 Å². The van der Waals surface area contributed by atoms with Gasteiger partial charge in [-0.3, -0.25) is 24.6 Å². The molecule has 2 aromatic heterocycles. The van der Waals surface area contributed by atoms with Crippen molar-refractivity contribution in [3.05, 3.63) is 87.0 Å². The number of fused-ring (bicyclic) bond motifs is 1. The van der Waals surface area contributed by atoms with Gasteiger partial charge in [0.05, 0.1) is 36.3 Å². The van der Waals surface area contributed by atoms with Gasteiger partial charge in [-0.25, -0.2) is 19.0 Å². The van der Waals surface area contributed by atoms with Crippen LogP contribution in [0.5, 0.6) is 0 Å². The molecule has 14 heteroatoms. The molecule has 12 nitrogen and oxygen atoms in total. The predicted octanol–water partition coefficient (Wildman–Crippen LogP) is 3.57. The van der Waals surface area contributed by atoms with Crippen molar-refractivity contribution >= 4 is 40.7 Å². The average Bonchev–Trinajstić information content (AvgIpc) is 3.68. The summed E-state index contributed by atoms with van der Waals surface area (Å²) >= 11 is 1.41. The van der Waals surface area contributed by atoms with E-state index >= 15 is 0 Å². The fourth-order valence-electron chi connectivity index (χ4n) is 5.88. The molecule has 0 aliphatic carbocycles. The van der Waals surface area contributed by atoms with Gasteiger partial charge in [0.15, 0.2) is 0 Å². The Bertz CT molecular complexity index is 1680. The van der Waals surface area contributed by atoms with Gasteiger partial charge >= 0.3 is 18.0 Å². The number of aromatic nitrogens is 2. The first-order chi connectivity index (χ1) is 22.0. The molecule has 3 N–H and O–H groups in total. The third-order valence-corrected chi connectivity index (χ3v) is 9.05. The van der Waals surface area contributed by atoms with Crippen molar-refractivity contribution in [3.8, 4) is 0 Å². The number of aliphatic carboxylic acids is 1. The lowest BCUT2D eigenvalue weighted by atomic mass is 9.93. The zero-order valence-electron chi connectivity index (χ0n) is 25.9. The van der Waals surface area contributed by atoms with Crippen molar-refractivity contribution in [2.24, 2.45) is 10.7 Å². The molecule has 0 radical (unpaired) electrons. The minimum atomic E-state index is -0.899. The Morgan fingerprint density at radius 3 is 2.74 bits per heavy atom. The SMILES string of the molecule is COC(=O)/C(=C(/N)CN1CCN2C(=O)N(c3cncc(CCC(=O)O)c3)C[C@@H]2C1)[C@@H](N=C(C)c1nccs1)c1ccc(F)cc1C. The largest absolute Gasteiger partial charge is 0.481 e. The van der Waals surface area contributed by atoms with Crippen LogP contribution in [0.2, 0.25) is 0 Å². The fourth-order valence-corrected chi connectivity index (χ4v) is 6.48. The first kappa shape index (κ1) is 32.7. The topological polar surface area (TPSA) is 155 Å². The van der Waals surface area contributed by atoms with Gasteiger partial charge in [-0.1, -0.05) is 6.07 Å². The average molecular weight is 650 g/mol. The predicted molar refractivity (Wildman–Crippen MR) is 171 cm³/mol. The molecule has 0 bridgehead atoms. The van der Waals surface area contributed by atoms with E-state index in [-0.39, 0.29) is 36.3 Å². The number of halogens is 1. The van der Waals surface area contributed by atoms with Gasteiger partial charge in [0.1, 0.15) is 16.9 Å². The van der Waals surface area contributed by atoms with Crippen molar-refractivity contribution in [3.63, 3.8) is 0 Å². The first-order valence-corrected chi connectivity index (χ1v) is 15.7. The fraction of sp³-hybridized carbons (Fsp3) is 0.375. The Morgan fingerprint density at radius 2 is 2.04 bits per heavy atom. The number of carbonyl (C=O) groups excluding carboxylic acids is 2. The van der Waals surface area contributed by atoms with Crippen LogP contribution in [0.1, 0.15) is 41.1 Å². The number of piperazine rings is 1. The molecule has 2 saturated heterocycles. The number of urea groups is 1. The highest BCUT2D eigenvalue weighted by Gasteiger charge is 2.41. The van der Waals surface area contributed by atoms with Gasteiger partial charge in [0.25, 0.3) is 0 Å². The highest BCUT2D eigenvalue weighted by Crippen LogP contribution is 2.33. The number of esters is 1. The Hall–Kier alpha value is -4.69. The van der Waals surface area contributed by atoms with Gasteiger partial charge in [-0.2, -0.15) is 0 Å². The highest BCUT2D eigenvalue weighted by molar-refractivity contribution is 7.11. The first-order valence-electron chi connectivity index (χ1n) is 14.8. The van der Waals surface area contributed by atoms with Crippen molar-refractivity contribution in [2.45, 2.75) is 38.8 Å². The van der Waals surface area contributed by atoms with Gasteiger partial charge in [-0.05, 0) is 55.2 Å². The number of aryl methyl sites for hydroxylation is 2. The maximum absolute atomic E-state index is 14.1. The summed E-state index contributed by atoms with van der Waals surface area (Å²) in [7, 11) is 1.28. The molecule has 2 fully saturated rings. The van der Waals surface area contributed by atoms with Gasteiger partial charge in [-0.15, -0.1) is 11.3 Å². The lowest BCUT2D eigenvalue weighted by Crippen LogP contribution is -2.52. The van der Waals surface area contributed by atoms with Gasteiger partial charge < -0.3 is 20.5 Å². The molecular weight excluding hydrogens is 613 g/mol. The number of amides is 2. The lowest BCUT2D eigenvalue weighted by molar-refractivity contribution is -0.137. The van der Waals surface area contributed by atoms with Crippen LogP contribution in [0, 0.1) is 12.7 Å². The zero-order chi connectivity index (χ0) is 33.0. The quantitative estimate of drug-likeness (QED) is 0.180.